The lowest BCUT2D eigenvalue weighted by Gasteiger charge is -2.27. The van der Waals surface area contributed by atoms with Crippen LogP contribution in [-0.4, -0.2) is 4.57 Å². The van der Waals surface area contributed by atoms with Crippen LogP contribution in [0.15, 0.2) is 212 Å². The quantitative estimate of drug-likeness (QED) is 0.152. The summed E-state index contributed by atoms with van der Waals surface area (Å²) < 4.78 is 2.50. The average molecular weight is 803 g/mol. The van der Waals surface area contributed by atoms with Crippen LogP contribution in [0.1, 0.15) is 18.2 Å². The molecule has 0 amide bonds. The lowest BCUT2D eigenvalue weighted by atomic mass is 9.95. The molecule has 1 unspecified atom stereocenters. The number of anilines is 3. The van der Waals surface area contributed by atoms with Crippen LogP contribution in [-0.2, 0) is 6.42 Å². The van der Waals surface area contributed by atoms with Crippen molar-refractivity contribution < 1.29 is 0 Å². The van der Waals surface area contributed by atoms with E-state index in [0.29, 0.717) is 5.92 Å². The summed E-state index contributed by atoms with van der Waals surface area (Å²) >= 11 is 0. The van der Waals surface area contributed by atoms with Crippen molar-refractivity contribution >= 4 is 66.4 Å². The van der Waals surface area contributed by atoms with E-state index in [1.54, 1.807) is 0 Å². The minimum atomic E-state index is 0.473. The van der Waals surface area contributed by atoms with Gasteiger partial charge in [0.25, 0.3) is 0 Å². The Balaban J connectivity index is 0.967. The zero-order valence-corrected chi connectivity index (χ0v) is 35.0. The molecule has 0 radical (unpaired) electrons. The number of fused-ring (bicyclic) bond motifs is 9. The third-order valence-corrected chi connectivity index (χ3v) is 13.6. The summed E-state index contributed by atoms with van der Waals surface area (Å²) in [6.07, 6.45) is 5.69. The normalized spacial score (nSPS) is 13.8. The van der Waals surface area contributed by atoms with E-state index in [1.165, 1.54) is 105 Å². The number of hydrogen-bond donors (Lipinski definition) is 0. The molecule has 2 nitrogen and oxygen atoms in total. The van der Waals surface area contributed by atoms with Gasteiger partial charge in [0.1, 0.15) is 0 Å². The molecule has 0 spiro atoms. The van der Waals surface area contributed by atoms with Crippen molar-refractivity contribution in [2.75, 3.05) is 4.90 Å². The molecule has 1 atom stereocenters. The van der Waals surface area contributed by atoms with Gasteiger partial charge in [0.05, 0.1) is 5.52 Å². The fourth-order valence-corrected chi connectivity index (χ4v) is 10.7. The van der Waals surface area contributed by atoms with E-state index in [2.05, 4.69) is 235 Å². The van der Waals surface area contributed by atoms with Crippen molar-refractivity contribution in [3.63, 3.8) is 0 Å². The Labute approximate surface area is 367 Å². The Kier molecular flexibility index (Phi) is 7.98. The van der Waals surface area contributed by atoms with Crippen molar-refractivity contribution in [3.05, 3.63) is 224 Å². The molecule has 63 heavy (non-hydrogen) atoms. The monoisotopic (exact) mass is 802 g/mol. The van der Waals surface area contributed by atoms with Gasteiger partial charge in [0.15, 0.2) is 0 Å². The van der Waals surface area contributed by atoms with Crippen LogP contribution in [0.4, 0.5) is 17.1 Å². The van der Waals surface area contributed by atoms with Crippen molar-refractivity contribution in [2.45, 2.75) is 13.3 Å². The van der Waals surface area contributed by atoms with Gasteiger partial charge < -0.3 is 9.47 Å². The van der Waals surface area contributed by atoms with Crippen molar-refractivity contribution in [2.24, 2.45) is 5.92 Å². The fourth-order valence-electron chi connectivity index (χ4n) is 10.7. The first-order valence-electron chi connectivity index (χ1n) is 22.1. The Morgan fingerprint density at radius 2 is 1.03 bits per heavy atom. The maximum atomic E-state index is 2.50. The molecule has 2 aliphatic rings. The first kappa shape index (κ1) is 35.8. The van der Waals surface area contributed by atoms with Crippen LogP contribution in [0.3, 0.4) is 0 Å². The number of allylic oxidation sites excluding steroid dienone is 1. The van der Waals surface area contributed by atoms with Gasteiger partial charge in [-0.25, -0.2) is 0 Å². The van der Waals surface area contributed by atoms with E-state index in [1.807, 2.05) is 0 Å². The van der Waals surface area contributed by atoms with E-state index in [0.717, 1.165) is 23.5 Å². The number of nitrogens with zero attached hydrogens (tertiary/aromatic N) is 2. The predicted molar refractivity (Wildman–Crippen MR) is 268 cm³/mol. The van der Waals surface area contributed by atoms with Crippen LogP contribution in [0.2, 0.25) is 0 Å². The average Bonchev–Trinajstić information content (AvgIpc) is 3.84. The summed E-state index contributed by atoms with van der Waals surface area (Å²) in [6.45, 7) is 2.32. The lowest BCUT2D eigenvalue weighted by Crippen LogP contribution is -2.12. The molecular formula is C61H42N2. The van der Waals surface area contributed by atoms with E-state index < -0.39 is 0 Å². The van der Waals surface area contributed by atoms with Gasteiger partial charge in [-0.05, 0) is 150 Å². The largest absolute Gasteiger partial charge is 0.313 e. The number of aromatic nitrogens is 1. The second kappa shape index (κ2) is 14.1. The van der Waals surface area contributed by atoms with Gasteiger partial charge in [-0.1, -0.05) is 165 Å². The maximum Gasteiger partial charge on any atom is 0.0537 e. The SMILES string of the molecule is CC1C=Cc2c(n(-c3cccc(N(c4cccc(-c5ccc6c(c5)-c5cccc7cccc-6c57)c4)c4cccc(-c5ccc6c(ccc7ccccc76)c5)c4)c3)c3ccccc23)C1. The fraction of sp³-hybridized carbons (Fsp3) is 0.0492. The Morgan fingerprint density at radius 1 is 0.429 bits per heavy atom. The highest BCUT2D eigenvalue weighted by atomic mass is 15.1. The van der Waals surface area contributed by atoms with Crippen molar-refractivity contribution in [1.82, 2.24) is 4.57 Å². The summed E-state index contributed by atoms with van der Waals surface area (Å²) in [5.74, 6) is 0.473. The van der Waals surface area contributed by atoms with E-state index >= 15 is 0 Å². The van der Waals surface area contributed by atoms with Crippen molar-refractivity contribution in [3.8, 4) is 50.2 Å². The summed E-state index contributed by atoms with van der Waals surface area (Å²) in [7, 11) is 0. The van der Waals surface area contributed by atoms with Gasteiger partial charge >= 0.3 is 0 Å². The van der Waals surface area contributed by atoms with Gasteiger partial charge in [-0.3, -0.25) is 0 Å². The van der Waals surface area contributed by atoms with Crippen LogP contribution in [0, 0.1) is 5.92 Å². The molecule has 296 valence electrons. The molecular weight excluding hydrogens is 761 g/mol. The highest BCUT2D eigenvalue weighted by Gasteiger charge is 2.24. The van der Waals surface area contributed by atoms with Gasteiger partial charge in [-0.15, -0.1) is 0 Å². The molecule has 11 aromatic rings. The third kappa shape index (κ3) is 5.72. The minimum absolute atomic E-state index is 0.473. The molecule has 0 aliphatic heterocycles. The van der Waals surface area contributed by atoms with E-state index in [-0.39, 0.29) is 0 Å². The first-order valence-corrected chi connectivity index (χ1v) is 22.1. The second-order valence-corrected chi connectivity index (χ2v) is 17.4. The molecule has 0 saturated heterocycles. The van der Waals surface area contributed by atoms with Crippen LogP contribution < -0.4 is 4.90 Å². The molecule has 0 bridgehead atoms. The molecule has 1 aromatic heterocycles. The number of para-hydroxylation sites is 1. The predicted octanol–water partition coefficient (Wildman–Crippen LogP) is 16.7. The molecule has 1 heterocycles. The van der Waals surface area contributed by atoms with Gasteiger partial charge in [-0.2, -0.15) is 0 Å². The Bertz CT molecular complexity index is 3690. The summed E-state index contributed by atoms with van der Waals surface area (Å²) in [4.78, 5) is 2.44. The van der Waals surface area contributed by atoms with Gasteiger partial charge in [0.2, 0.25) is 0 Å². The molecule has 13 rings (SSSR count). The number of hydrogen-bond acceptors (Lipinski definition) is 1. The molecule has 10 aromatic carbocycles. The Morgan fingerprint density at radius 3 is 1.84 bits per heavy atom. The zero-order chi connectivity index (χ0) is 41.6. The first-order chi connectivity index (χ1) is 31.1. The molecule has 2 aliphatic carbocycles. The highest BCUT2D eigenvalue weighted by molar-refractivity contribution is 6.15. The summed E-state index contributed by atoms with van der Waals surface area (Å²) in [6, 6.07) is 76.6. The molecule has 0 saturated carbocycles. The van der Waals surface area contributed by atoms with Crippen LogP contribution in [0.5, 0.6) is 0 Å². The topological polar surface area (TPSA) is 8.17 Å². The van der Waals surface area contributed by atoms with E-state index in [4.69, 9.17) is 0 Å². The number of benzene rings is 10. The lowest BCUT2D eigenvalue weighted by molar-refractivity contribution is 0.690. The smallest absolute Gasteiger partial charge is 0.0537 e. The summed E-state index contributed by atoms with van der Waals surface area (Å²) in [5.41, 5.74) is 18.5. The molecule has 0 N–H and O–H groups in total. The van der Waals surface area contributed by atoms with E-state index in [9.17, 15) is 0 Å². The highest BCUT2D eigenvalue weighted by Crippen LogP contribution is 2.49. The standard InChI is InChI=1S/C61H42N2/c1-39-25-30-55-54-21-4-5-24-59(54)63(60(55)33-39)50-19-10-18-49(38-50)62(47-16-6-14-42(35-47)44-28-31-52-46(34-44)27-26-40-11-2-3-20-51(40)52)48-17-7-15-43(36-48)45-29-32-53-56-22-8-12-41-13-9-23-57(61(41)56)58(53)37-45/h2-32,34-39H,33H2,1H3. The zero-order valence-electron chi connectivity index (χ0n) is 35.0. The van der Waals surface area contributed by atoms with Crippen LogP contribution in [0.25, 0.3) is 99.5 Å². The van der Waals surface area contributed by atoms with Crippen molar-refractivity contribution in [1.29, 1.82) is 0 Å². The van der Waals surface area contributed by atoms with Crippen LogP contribution >= 0.6 is 0 Å². The molecule has 0 fully saturated rings. The third-order valence-electron chi connectivity index (χ3n) is 13.6. The van der Waals surface area contributed by atoms with Gasteiger partial charge in [0, 0.05) is 39.4 Å². The Hall–Kier alpha value is -7.94. The second-order valence-electron chi connectivity index (χ2n) is 17.4. The summed E-state index contributed by atoms with van der Waals surface area (Å²) in [5, 5.41) is 9.02. The minimum Gasteiger partial charge on any atom is -0.313 e. The molecule has 2 heteroatoms. The number of rotatable bonds is 6. The maximum absolute atomic E-state index is 2.50.